The van der Waals surface area contributed by atoms with E-state index in [1.165, 1.54) is 0 Å². The van der Waals surface area contributed by atoms with Crippen LogP contribution in [0.4, 0.5) is 0 Å². The Kier molecular flexibility index (Phi) is 11.7. The van der Waals surface area contributed by atoms with Crippen LogP contribution in [0.2, 0.25) is 0 Å². The number of hydrogen-bond acceptors (Lipinski definition) is 5. The topological polar surface area (TPSA) is 50.8 Å². The Balaban J connectivity index is 3.19. The summed E-state index contributed by atoms with van der Waals surface area (Å²) in [4.78, 5) is 4.34. The molecular formula is C13H32N4O. The molecule has 0 saturated heterocycles. The van der Waals surface area contributed by atoms with Gasteiger partial charge in [0, 0.05) is 13.1 Å². The summed E-state index contributed by atoms with van der Waals surface area (Å²) in [7, 11) is 8.30. The van der Waals surface area contributed by atoms with E-state index in [4.69, 9.17) is 0 Å². The first-order valence-electron chi connectivity index (χ1n) is 6.91. The molecule has 0 aromatic rings. The average Bonchev–Trinajstić information content (AvgIpc) is 2.27. The van der Waals surface area contributed by atoms with Crippen molar-refractivity contribution >= 4 is 0 Å². The van der Waals surface area contributed by atoms with Gasteiger partial charge in [0.2, 0.25) is 0 Å². The second-order valence-corrected chi connectivity index (χ2v) is 5.38. The van der Waals surface area contributed by atoms with Crippen molar-refractivity contribution in [1.29, 1.82) is 0 Å². The molecule has 0 saturated carbocycles. The molecular weight excluding hydrogens is 228 g/mol. The van der Waals surface area contributed by atoms with E-state index in [0.29, 0.717) is 13.1 Å². The maximum Gasteiger partial charge on any atom is 0.0788 e. The minimum atomic E-state index is -0.288. The fourth-order valence-corrected chi connectivity index (χ4v) is 1.65. The molecule has 0 unspecified atom stereocenters. The molecule has 3 N–H and O–H groups in total. The maximum atomic E-state index is 9.72. The number of aliphatic hydroxyl groups excluding tert-OH is 1. The normalized spacial score (nSPS) is 12.0. The Bertz CT molecular complexity index is 158. The molecule has 0 fully saturated rings. The summed E-state index contributed by atoms with van der Waals surface area (Å²) in [5.74, 6) is 0. The number of rotatable bonds is 12. The zero-order valence-electron chi connectivity index (χ0n) is 12.6. The van der Waals surface area contributed by atoms with Crippen LogP contribution in [0.5, 0.6) is 0 Å². The predicted molar refractivity (Wildman–Crippen MR) is 78.1 cm³/mol. The van der Waals surface area contributed by atoms with E-state index in [9.17, 15) is 5.11 Å². The molecule has 0 radical (unpaired) electrons. The van der Waals surface area contributed by atoms with Gasteiger partial charge in [0.05, 0.1) is 6.10 Å². The maximum absolute atomic E-state index is 9.72. The van der Waals surface area contributed by atoms with E-state index < -0.39 is 0 Å². The zero-order chi connectivity index (χ0) is 13.8. The summed E-state index contributed by atoms with van der Waals surface area (Å²) in [6.45, 7) is 5.46. The average molecular weight is 260 g/mol. The number of nitrogens with zero attached hydrogens (tertiary/aromatic N) is 2. The van der Waals surface area contributed by atoms with Crippen molar-refractivity contribution in [1.82, 2.24) is 20.4 Å². The smallest absolute Gasteiger partial charge is 0.0788 e. The molecule has 0 aromatic heterocycles. The SMILES string of the molecule is CN(C)CCCNCC(O)CNCCCN(C)C. The van der Waals surface area contributed by atoms with Crippen LogP contribution < -0.4 is 10.6 Å². The highest BCUT2D eigenvalue weighted by molar-refractivity contribution is 4.63. The van der Waals surface area contributed by atoms with Crippen LogP contribution in [0.25, 0.3) is 0 Å². The molecule has 18 heavy (non-hydrogen) atoms. The summed E-state index contributed by atoms with van der Waals surface area (Å²) in [5.41, 5.74) is 0. The lowest BCUT2D eigenvalue weighted by atomic mass is 10.3. The van der Waals surface area contributed by atoms with Crippen molar-refractivity contribution < 1.29 is 5.11 Å². The van der Waals surface area contributed by atoms with E-state index in [2.05, 4.69) is 48.6 Å². The van der Waals surface area contributed by atoms with Gasteiger partial charge in [-0.25, -0.2) is 0 Å². The van der Waals surface area contributed by atoms with Crippen molar-refractivity contribution in [3.8, 4) is 0 Å². The lowest BCUT2D eigenvalue weighted by Crippen LogP contribution is -2.37. The van der Waals surface area contributed by atoms with Crippen molar-refractivity contribution in [2.75, 3.05) is 67.5 Å². The highest BCUT2D eigenvalue weighted by atomic mass is 16.3. The lowest BCUT2D eigenvalue weighted by Gasteiger charge is -2.14. The molecule has 5 heteroatoms. The number of hydrogen-bond donors (Lipinski definition) is 3. The van der Waals surface area contributed by atoms with E-state index in [0.717, 1.165) is 39.0 Å². The van der Waals surface area contributed by atoms with Crippen LogP contribution in [0.15, 0.2) is 0 Å². The van der Waals surface area contributed by atoms with Gasteiger partial charge < -0.3 is 25.5 Å². The Morgan fingerprint density at radius 1 is 0.833 bits per heavy atom. The summed E-state index contributed by atoms with van der Waals surface area (Å²) < 4.78 is 0. The van der Waals surface area contributed by atoms with Gasteiger partial charge in [-0.3, -0.25) is 0 Å². The van der Waals surface area contributed by atoms with E-state index in [1.54, 1.807) is 0 Å². The summed E-state index contributed by atoms with van der Waals surface area (Å²) in [6.07, 6.45) is 1.95. The molecule has 0 spiro atoms. The number of aliphatic hydroxyl groups is 1. The fraction of sp³-hybridized carbons (Fsp3) is 1.00. The molecule has 0 aliphatic rings. The predicted octanol–water partition coefficient (Wildman–Crippen LogP) is -0.570. The molecule has 0 atom stereocenters. The van der Waals surface area contributed by atoms with Gasteiger partial charge in [0.15, 0.2) is 0 Å². The van der Waals surface area contributed by atoms with Gasteiger partial charge in [-0.05, 0) is 67.2 Å². The molecule has 5 nitrogen and oxygen atoms in total. The third-order valence-corrected chi connectivity index (χ3v) is 2.68. The Morgan fingerprint density at radius 2 is 1.22 bits per heavy atom. The molecule has 0 aliphatic carbocycles. The zero-order valence-corrected chi connectivity index (χ0v) is 12.6. The van der Waals surface area contributed by atoms with Crippen LogP contribution in [0, 0.1) is 0 Å². The highest BCUT2D eigenvalue weighted by Gasteiger charge is 2.02. The van der Waals surface area contributed by atoms with E-state index >= 15 is 0 Å². The minimum Gasteiger partial charge on any atom is -0.390 e. The Labute approximate surface area is 113 Å². The fourth-order valence-electron chi connectivity index (χ4n) is 1.65. The van der Waals surface area contributed by atoms with Gasteiger partial charge in [0.25, 0.3) is 0 Å². The quantitative estimate of drug-likeness (QED) is 0.410. The molecule has 0 aliphatic heterocycles. The monoisotopic (exact) mass is 260 g/mol. The third-order valence-electron chi connectivity index (χ3n) is 2.68. The van der Waals surface area contributed by atoms with Crippen molar-refractivity contribution in [3.63, 3.8) is 0 Å². The Morgan fingerprint density at radius 3 is 1.56 bits per heavy atom. The summed E-state index contributed by atoms with van der Waals surface area (Å²) in [6, 6.07) is 0. The first-order valence-corrected chi connectivity index (χ1v) is 6.91. The van der Waals surface area contributed by atoms with Gasteiger partial charge in [-0.1, -0.05) is 0 Å². The van der Waals surface area contributed by atoms with E-state index in [1.807, 2.05) is 0 Å². The van der Waals surface area contributed by atoms with Gasteiger partial charge in [-0.15, -0.1) is 0 Å². The lowest BCUT2D eigenvalue weighted by molar-refractivity contribution is 0.168. The standard InChI is InChI=1S/C13H32N4O/c1-16(2)9-5-7-14-11-13(18)12-15-8-6-10-17(3)4/h13-15,18H,5-12H2,1-4H3. The highest BCUT2D eigenvalue weighted by Crippen LogP contribution is 1.84. The van der Waals surface area contributed by atoms with Crippen LogP contribution in [-0.2, 0) is 0 Å². The molecule has 0 rings (SSSR count). The second kappa shape index (κ2) is 11.9. The van der Waals surface area contributed by atoms with Crippen molar-refractivity contribution in [2.24, 2.45) is 0 Å². The second-order valence-electron chi connectivity index (χ2n) is 5.38. The third kappa shape index (κ3) is 13.9. The van der Waals surface area contributed by atoms with Crippen LogP contribution >= 0.6 is 0 Å². The largest absolute Gasteiger partial charge is 0.390 e. The summed E-state index contributed by atoms with van der Waals surface area (Å²) in [5, 5.41) is 16.3. The minimum absolute atomic E-state index is 0.288. The van der Waals surface area contributed by atoms with E-state index in [-0.39, 0.29) is 6.10 Å². The van der Waals surface area contributed by atoms with Crippen LogP contribution in [-0.4, -0.2) is 88.5 Å². The van der Waals surface area contributed by atoms with Crippen LogP contribution in [0.3, 0.4) is 0 Å². The van der Waals surface area contributed by atoms with Crippen LogP contribution in [0.1, 0.15) is 12.8 Å². The van der Waals surface area contributed by atoms with Gasteiger partial charge in [-0.2, -0.15) is 0 Å². The van der Waals surface area contributed by atoms with Crippen molar-refractivity contribution in [3.05, 3.63) is 0 Å². The molecule has 0 amide bonds. The molecule has 0 aromatic carbocycles. The summed E-state index contributed by atoms with van der Waals surface area (Å²) >= 11 is 0. The first-order chi connectivity index (χ1) is 8.52. The molecule has 110 valence electrons. The first kappa shape index (κ1) is 17.8. The van der Waals surface area contributed by atoms with Gasteiger partial charge >= 0.3 is 0 Å². The van der Waals surface area contributed by atoms with Gasteiger partial charge in [0.1, 0.15) is 0 Å². The molecule has 0 heterocycles. The van der Waals surface area contributed by atoms with Crippen molar-refractivity contribution in [2.45, 2.75) is 18.9 Å². The Hall–Kier alpha value is -0.200. The molecule has 0 bridgehead atoms. The number of nitrogens with one attached hydrogen (secondary N) is 2.